The smallest absolute Gasteiger partial charge is 0.181 e. The molecule has 6 heteroatoms. The van der Waals surface area contributed by atoms with E-state index in [2.05, 4.69) is 63.4 Å². The van der Waals surface area contributed by atoms with E-state index < -0.39 is 0 Å². The Labute approximate surface area is 202 Å². The van der Waals surface area contributed by atoms with Gasteiger partial charge in [0.25, 0.3) is 0 Å². The summed E-state index contributed by atoms with van der Waals surface area (Å²) in [4.78, 5) is 14.5. The molecule has 0 aliphatic rings. The molecule has 0 aliphatic carbocycles. The average Bonchev–Trinajstić information content (AvgIpc) is 3.43. The van der Waals surface area contributed by atoms with Crippen LogP contribution >= 0.6 is 0 Å². The summed E-state index contributed by atoms with van der Waals surface area (Å²) in [5.41, 5.74) is 11.8. The Bertz CT molecular complexity index is 1610. The predicted octanol–water partition coefficient (Wildman–Crippen LogP) is 5.16. The van der Waals surface area contributed by atoms with Gasteiger partial charge >= 0.3 is 0 Å². The molecule has 0 spiro atoms. The molecule has 168 valence electrons. The molecule has 0 unspecified atom stereocenters. The van der Waals surface area contributed by atoms with Crippen molar-refractivity contribution in [3.63, 3.8) is 0 Å². The van der Waals surface area contributed by atoms with Crippen molar-refractivity contribution in [2.24, 2.45) is 0 Å². The van der Waals surface area contributed by atoms with Crippen LogP contribution in [0.5, 0.6) is 0 Å². The van der Waals surface area contributed by atoms with Gasteiger partial charge in [0, 0.05) is 33.8 Å². The molecule has 3 aromatic carbocycles. The van der Waals surface area contributed by atoms with Crippen LogP contribution in [0.15, 0.2) is 103 Å². The maximum Gasteiger partial charge on any atom is 0.181 e. The molecule has 0 radical (unpaired) electrons. The van der Waals surface area contributed by atoms with E-state index >= 15 is 0 Å². The lowest BCUT2D eigenvalue weighted by molar-refractivity contribution is -0.386. The van der Waals surface area contributed by atoms with Gasteiger partial charge in [0.1, 0.15) is 5.69 Å². The number of aromatic amines is 1. The Kier molecular flexibility index (Phi) is 5.33. The molecular formula is C29H23N6+. The van der Waals surface area contributed by atoms with Crippen LogP contribution in [-0.4, -0.2) is 25.1 Å². The number of fused-ring (bicyclic) bond motifs is 1. The van der Waals surface area contributed by atoms with Crippen molar-refractivity contribution in [3.8, 4) is 45.3 Å². The Morgan fingerprint density at radius 3 is 2.11 bits per heavy atom. The molecule has 6 aromatic rings. The highest BCUT2D eigenvalue weighted by Gasteiger charge is 2.17. The molecule has 0 atom stereocenters. The van der Waals surface area contributed by atoms with Crippen molar-refractivity contribution in [2.45, 2.75) is 6.54 Å². The van der Waals surface area contributed by atoms with Crippen molar-refractivity contribution in [1.82, 2.24) is 25.1 Å². The number of hydrogen-bond donors (Lipinski definition) is 2. The maximum atomic E-state index is 5.11. The van der Waals surface area contributed by atoms with E-state index in [1.165, 1.54) is 5.56 Å². The van der Waals surface area contributed by atoms with E-state index in [4.69, 9.17) is 9.97 Å². The van der Waals surface area contributed by atoms with Crippen LogP contribution in [0.2, 0.25) is 0 Å². The molecule has 0 amide bonds. The second-order valence-electron chi connectivity index (χ2n) is 8.30. The minimum atomic E-state index is 0.614. The van der Waals surface area contributed by atoms with Gasteiger partial charge in [0.05, 0.1) is 17.8 Å². The van der Waals surface area contributed by atoms with Crippen molar-refractivity contribution < 1.29 is 5.73 Å². The largest absolute Gasteiger partial charge is 0.354 e. The SMILES string of the molecule is [NH3+]Cc1ccc(-c2nc3ccnc(-c4nc(-c5ccccc5)n[nH]4)c3cc2-c2ccccc2)cc1. The third-order valence-corrected chi connectivity index (χ3v) is 6.09. The first-order valence-electron chi connectivity index (χ1n) is 11.5. The first kappa shape index (κ1) is 20.9. The summed E-state index contributed by atoms with van der Waals surface area (Å²) < 4.78 is 0. The second-order valence-corrected chi connectivity index (χ2v) is 8.30. The zero-order valence-corrected chi connectivity index (χ0v) is 19.0. The molecule has 3 aromatic heterocycles. The van der Waals surface area contributed by atoms with Gasteiger partial charge in [-0.25, -0.2) is 9.97 Å². The molecule has 0 saturated heterocycles. The highest BCUT2D eigenvalue weighted by Crippen LogP contribution is 2.36. The fourth-order valence-corrected chi connectivity index (χ4v) is 4.26. The summed E-state index contributed by atoms with van der Waals surface area (Å²) in [5, 5.41) is 8.42. The number of aromatic nitrogens is 5. The molecule has 35 heavy (non-hydrogen) atoms. The quantitative estimate of drug-likeness (QED) is 0.375. The van der Waals surface area contributed by atoms with E-state index in [1.54, 1.807) is 6.20 Å². The molecule has 6 rings (SSSR count). The van der Waals surface area contributed by atoms with Crippen LogP contribution in [0.1, 0.15) is 5.56 Å². The number of nitrogens with one attached hydrogen (secondary N) is 1. The Morgan fingerprint density at radius 1 is 0.686 bits per heavy atom. The topological polar surface area (TPSA) is 95.0 Å². The molecule has 0 fully saturated rings. The lowest BCUT2D eigenvalue weighted by Gasteiger charge is -2.13. The Morgan fingerprint density at radius 2 is 1.40 bits per heavy atom. The summed E-state index contributed by atoms with van der Waals surface area (Å²) in [6.07, 6.45) is 1.77. The number of hydrogen-bond acceptors (Lipinski definition) is 4. The summed E-state index contributed by atoms with van der Waals surface area (Å²) >= 11 is 0. The third kappa shape index (κ3) is 3.96. The third-order valence-electron chi connectivity index (χ3n) is 6.09. The van der Waals surface area contributed by atoms with E-state index in [9.17, 15) is 0 Å². The van der Waals surface area contributed by atoms with Gasteiger partial charge in [-0.2, -0.15) is 5.10 Å². The van der Waals surface area contributed by atoms with E-state index in [0.717, 1.165) is 51.1 Å². The first-order valence-corrected chi connectivity index (χ1v) is 11.5. The molecule has 6 nitrogen and oxygen atoms in total. The highest BCUT2D eigenvalue weighted by molar-refractivity contribution is 5.97. The van der Waals surface area contributed by atoms with Crippen molar-refractivity contribution in [3.05, 3.63) is 109 Å². The Balaban J connectivity index is 1.54. The number of H-pyrrole nitrogens is 1. The van der Waals surface area contributed by atoms with Crippen LogP contribution in [0.4, 0.5) is 0 Å². The normalized spacial score (nSPS) is 11.1. The molecule has 0 saturated carbocycles. The van der Waals surface area contributed by atoms with Crippen LogP contribution in [0.25, 0.3) is 56.2 Å². The molecule has 4 N–H and O–H groups in total. The van der Waals surface area contributed by atoms with Crippen LogP contribution in [-0.2, 0) is 6.54 Å². The zero-order chi connectivity index (χ0) is 23.6. The van der Waals surface area contributed by atoms with Crippen molar-refractivity contribution in [2.75, 3.05) is 0 Å². The van der Waals surface area contributed by atoms with E-state index in [-0.39, 0.29) is 0 Å². The fraction of sp³-hybridized carbons (Fsp3) is 0.0345. The summed E-state index contributed by atoms with van der Waals surface area (Å²) in [6.45, 7) is 0.758. The van der Waals surface area contributed by atoms with Gasteiger partial charge in [-0.05, 0) is 17.7 Å². The van der Waals surface area contributed by atoms with Gasteiger partial charge in [-0.15, -0.1) is 0 Å². The molecule has 0 aliphatic heterocycles. The highest BCUT2D eigenvalue weighted by atomic mass is 15.2. The standard InChI is InChI=1S/C29H22N6/c30-18-19-11-13-21(14-12-19)26-23(20-7-3-1-4-8-20)17-24-25(32-26)15-16-31-27(24)29-33-28(34-35-29)22-9-5-2-6-10-22/h1-17H,18,30H2,(H,33,34,35)/p+1. The van der Waals surface area contributed by atoms with E-state index in [0.29, 0.717) is 11.6 Å². The first-order chi connectivity index (χ1) is 17.3. The number of nitrogens with zero attached hydrogens (tertiary/aromatic N) is 4. The number of benzene rings is 3. The average molecular weight is 456 g/mol. The minimum Gasteiger partial charge on any atom is -0.354 e. The number of rotatable bonds is 5. The molecule has 3 heterocycles. The maximum absolute atomic E-state index is 5.11. The second kappa shape index (κ2) is 8.93. The lowest BCUT2D eigenvalue weighted by atomic mass is 9.96. The van der Waals surface area contributed by atoms with Gasteiger partial charge < -0.3 is 5.73 Å². The van der Waals surface area contributed by atoms with Crippen LogP contribution in [0.3, 0.4) is 0 Å². The molecule has 0 bridgehead atoms. The van der Waals surface area contributed by atoms with Gasteiger partial charge in [-0.1, -0.05) is 84.9 Å². The van der Waals surface area contributed by atoms with Gasteiger partial charge in [0.15, 0.2) is 11.6 Å². The molecular weight excluding hydrogens is 432 g/mol. The van der Waals surface area contributed by atoms with Crippen molar-refractivity contribution in [1.29, 1.82) is 0 Å². The summed E-state index contributed by atoms with van der Waals surface area (Å²) in [5.74, 6) is 1.25. The van der Waals surface area contributed by atoms with E-state index in [1.807, 2.05) is 54.6 Å². The Hall–Kier alpha value is -4.68. The lowest BCUT2D eigenvalue weighted by Crippen LogP contribution is -2.47. The van der Waals surface area contributed by atoms with Gasteiger partial charge in [-0.3, -0.25) is 10.1 Å². The van der Waals surface area contributed by atoms with Crippen LogP contribution in [0, 0.1) is 0 Å². The summed E-state index contributed by atoms with van der Waals surface area (Å²) in [7, 11) is 0. The number of pyridine rings is 2. The van der Waals surface area contributed by atoms with Crippen LogP contribution < -0.4 is 5.73 Å². The predicted molar refractivity (Wildman–Crippen MR) is 138 cm³/mol. The fourth-order valence-electron chi connectivity index (χ4n) is 4.26. The summed E-state index contributed by atoms with van der Waals surface area (Å²) in [6, 6.07) is 32.8. The van der Waals surface area contributed by atoms with Gasteiger partial charge in [0.2, 0.25) is 0 Å². The zero-order valence-electron chi connectivity index (χ0n) is 19.0. The minimum absolute atomic E-state index is 0.614. The van der Waals surface area contributed by atoms with Crippen molar-refractivity contribution >= 4 is 10.9 Å². The number of quaternary nitrogens is 1. The monoisotopic (exact) mass is 455 g/mol.